The van der Waals surface area contributed by atoms with E-state index in [2.05, 4.69) is 4.98 Å². The van der Waals surface area contributed by atoms with Gasteiger partial charge < -0.3 is 19.3 Å². The van der Waals surface area contributed by atoms with Gasteiger partial charge in [-0.1, -0.05) is 6.07 Å². The average Bonchev–Trinajstić information content (AvgIpc) is 3.34. The van der Waals surface area contributed by atoms with Gasteiger partial charge in [0.05, 0.1) is 37.6 Å². The fourth-order valence-electron chi connectivity index (χ4n) is 4.06. The maximum atomic E-state index is 13.4. The molecule has 0 radical (unpaired) electrons. The molecular weight excluding hydrogens is 480 g/mol. The molecule has 1 atom stereocenters. The second-order valence-corrected chi connectivity index (χ2v) is 9.29. The maximum Gasteiger partial charge on any atom is 0.301 e. The zero-order chi connectivity index (χ0) is 26.0. The van der Waals surface area contributed by atoms with Gasteiger partial charge in [-0.05, 0) is 69.7 Å². The van der Waals surface area contributed by atoms with Crippen LogP contribution in [0, 0.1) is 13.8 Å². The Morgan fingerprint density at radius 3 is 2.31 bits per heavy atom. The lowest BCUT2D eigenvalue weighted by molar-refractivity contribution is -0.132. The molecule has 0 spiro atoms. The molecule has 8 nitrogen and oxygen atoms in total. The largest absolute Gasteiger partial charge is 0.507 e. The Bertz CT molecular complexity index is 1310. The van der Waals surface area contributed by atoms with Crippen molar-refractivity contribution in [2.24, 2.45) is 0 Å². The third-order valence-corrected chi connectivity index (χ3v) is 6.98. The van der Waals surface area contributed by atoms with Crippen LogP contribution in [-0.4, -0.2) is 42.1 Å². The number of anilines is 1. The highest BCUT2D eigenvalue weighted by Gasteiger charge is 2.48. The van der Waals surface area contributed by atoms with Gasteiger partial charge in [-0.25, -0.2) is 4.98 Å². The zero-order valence-corrected chi connectivity index (χ0v) is 21.6. The minimum Gasteiger partial charge on any atom is -0.507 e. The summed E-state index contributed by atoms with van der Waals surface area (Å²) in [4.78, 5) is 33.5. The molecule has 1 aliphatic rings. The number of aryl methyl sites for hydroxylation is 2. The fourth-order valence-corrected chi connectivity index (χ4v) is 5.00. The van der Waals surface area contributed by atoms with E-state index in [1.807, 2.05) is 27.7 Å². The number of thiazole rings is 1. The van der Waals surface area contributed by atoms with Gasteiger partial charge >= 0.3 is 5.91 Å². The van der Waals surface area contributed by atoms with Gasteiger partial charge in [0.2, 0.25) is 0 Å². The summed E-state index contributed by atoms with van der Waals surface area (Å²) in [6.07, 6.45) is 0. The van der Waals surface area contributed by atoms with Crippen molar-refractivity contribution in [1.82, 2.24) is 4.98 Å². The van der Waals surface area contributed by atoms with Gasteiger partial charge in [0, 0.05) is 10.4 Å². The first-order valence-corrected chi connectivity index (χ1v) is 12.4. The molecule has 1 N–H and O–H groups in total. The van der Waals surface area contributed by atoms with Gasteiger partial charge in [-0.15, -0.1) is 11.3 Å². The molecule has 3 aromatic rings. The van der Waals surface area contributed by atoms with E-state index in [1.54, 1.807) is 42.5 Å². The molecule has 0 aliphatic carbocycles. The number of benzene rings is 2. The number of hydrogen-bond donors (Lipinski definition) is 1. The SMILES string of the molecule is CCOc1ccc(C(O)=C2C(=O)C(=O)N(c3nc(C)c(C)s3)[C@@H]2c2ccc(OCC)c(OC)c2)cc1. The van der Waals surface area contributed by atoms with E-state index in [4.69, 9.17) is 14.2 Å². The Kier molecular flexibility index (Phi) is 7.30. The van der Waals surface area contributed by atoms with Crippen LogP contribution in [0.4, 0.5) is 5.13 Å². The monoisotopic (exact) mass is 508 g/mol. The number of aromatic nitrogens is 1. The van der Waals surface area contributed by atoms with Crippen LogP contribution in [0.1, 0.15) is 41.6 Å². The molecule has 9 heteroatoms. The van der Waals surface area contributed by atoms with Crippen molar-refractivity contribution in [2.75, 3.05) is 25.2 Å². The number of methoxy groups -OCH3 is 1. The quantitative estimate of drug-likeness (QED) is 0.254. The van der Waals surface area contributed by atoms with Crippen LogP contribution >= 0.6 is 11.3 Å². The third kappa shape index (κ3) is 4.54. The van der Waals surface area contributed by atoms with E-state index < -0.39 is 17.7 Å². The van der Waals surface area contributed by atoms with Crippen molar-refractivity contribution in [3.8, 4) is 17.2 Å². The van der Waals surface area contributed by atoms with Crippen LogP contribution < -0.4 is 19.1 Å². The van der Waals surface area contributed by atoms with Crippen molar-refractivity contribution in [3.05, 3.63) is 69.7 Å². The van der Waals surface area contributed by atoms with Crippen molar-refractivity contribution in [2.45, 2.75) is 33.7 Å². The number of ketones is 1. The molecule has 1 saturated heterocycles. The molecule has 4 rings (SSSR count). The van der Waals surface area contributed by atoms with E-state index in [0.717, 1.165) is 10.6 Å². The summed E-state index contributed by atoms with van der Waals surface area (Å²) in [5.41, 5.74) is 1.71. The molecule has 36 heavy (non-hydrogen) atoms. The summed E-state index contributed by atoms with van der Waals surface area (Å²) in [6, 6.07) is 11.0. The Labute approximate surface area is 213 Å². The molecule has 1 aliphatic heterocycles. The minimum absolute atomic E-state index is 0.0270. The van der Waals surface area contributed by atoms with Crippen molar-refractivity contribution < 1.29 is 28.9 Å². The molecule has 1 fully saturated rings. The molecule has 2 aromatic carbocycles. The van der Waals surface area contributed by atoms with Gasteiger partial charge in [0.1, 0.15) is 11.5 Å². The Morgan fingerprint density at radius 2 is 1.72 bits per heavy atom. The van der Waals surface area contributed by atoms with Crippen LogP contribution in [0.5, 0.6) is 17.2 Å². The van der Waals surface area contributed by atoms with Crippen molar-refractivity contribution in [3.63, 3.8) is 0 Å². The zero-order valence-electron chi connectivity index (χ0n) is 20.8. The first-order valence-electron chi connectivity index (χ1n) is 11.6. The molecule has 1 aromatic heterocycles. The Hall–Kier alpha value is -3.85. The number of rotatable bonds is 8. The van der Waals surface area contributed by atoms with Gasteiger partial charge in [0.25, 0.3) is 5.78 Å². The van der Waals surface area contributed by atoms with Crippen LogP contribution in [0.15, 0.2) is 48.0 Å². The predicted molar refractivity (Wildman–Crippen MR) is 138 cm³/mol. The molecule has 1 amide bonds. The summed E-state index contributed by atoms with van der Waals surface area (Å²) in [7, 11) is 1.52. The molecule has 2 heterocycles. The number of aliphatic hydroxyl groups excluding tert-OH is 1. The van der Waals surface area contributed by atoms with Crippen LogP contribution in [0.25, 0.3) is 5.76 Å². The predicted octanol–water partition coefficient (Wildman–Crippen LogP) is 5.19. The second-order valence-electron chi connectivity index (χ2n) is 8.11. The smallest absolute Gasteiger partial charge is 0.301 e. The number of ether oxygens (including phenoxy) is 3. The third-order valence-electron chi connectivity index (χ3n) is 5.91. The molecule has 0 saturated carbocycles. The van der Waals surface area contributed by atoms with Gasteiger partial charge in [-0.2, -0.15) is 0 Å². The number of carbonyl (C=O) groups excluding carboxylic acids is 2. The Morgan fingerprint density at radius 1 is 1.03 bits per heavy atom. The molecule has 0 unspecified atom stereocenters. The first kappa shape index (κ1) is 25.2. The number of nitrogens with zero attached hydrogens (tertiary/aromatic N) is 2. The highest BCUT2D eigenvalue weighted by Crippen LogP contribution is 2.45. The minimum atomic E-state index is -0.911. The summed E-state index contributed by atoms with van der Waals surface area (Å²) in [6.45, 7) is 8.45. The normalized spacial score (nSPS) is 16.9. The lowest BCUT2D eigenvalue weighted by Gasteiger charge is -2.24. The molecule has 188 valence electrons. The van der Waals surface area contributed by atoms with Crippen LogP contribution in [0.2, 0.25) is 0 Å². The Balaban J connectivity index is 1.91. The maximum absolute atomic E-state index is 13.4. The summed E-state index contributed by atoms with van der Waals surface area (Å²) in [5.74, 6) is -0.197. The topological polar surface area (TPSA) is 98.2 Å². The van der Waals surface area contributed by atoms with Crippen LogP contribution in [0.3, 0.4) is 0 Å². The highest BCUT2D eigenvalue weighted by molar-refractivity contribution is 7.16. The average molecular weight is 509 g/mol. The van der Waals surface area contributed by atoms with Crippen LogP contribution in [-0.2, 0) is 9.59 Å². The second kappa shape index (κ2) is 10.4. The van der Waals surface area contributed by atoms with E-state index in [0.29, 0.717) is 46.7 Å². The summed E-state index contributed by atoms with van der Waals surface area (Å²) >= 11 is 1.32. The fraction of sp³-hybridized carbons (Fsp3) is 0.296. The van der Waals surface area contributed by atoms with Gasteiger partial charge in [0.15, 0.2) is 16.6 Å². The standard InChI is InChI=1S/C27H28N2O6S/c1-6-34-19-11-8-17(9-12-19)24(30)22-23(18-10-13-20(35-7-2)21(14-18)33-5)29(26(32)25(22)31)27-28-15(3)16(4)36-27/h8-14,23,30H,6-7H2,1-5H3/t23-/m1/s1. The lowest BCUT2D eigenvalue weighted by Crippen LogP contribution is -2.29. The van der Waals surface area contributed by atoms with Crippen molar-refractivity contribution >= 4 is 33.9 Å². The number of hydrogen-bond acceptors (Lipinski definition) is 8. The van der Waals surface area contributed by atoms with E-state index in [9.17, 15) is 14.7 Å². The lowest BCUT2D eigenvalue weighted by atomic mass is 9.95. The first-order chi connectivity index (χ1) is 17.3. The van der Waals surface area contributed by atoms with Crippen molar-refractivity contribution in [1.29, 1.82) is 0 Å². The summed E-state index contributed by atoms with van der Waals surface area (Å²) < 4.78 is 16.6. The molecule has 0 bridgehead atoms. The number of amides is 1. The van der Waals surface area contributed by atoms with Gasteiger partial charge in [-0.3, -0.25) is 14.5 Å². The summed E-state index contributed by atoms with van der Waals surface area (Å²) in [5, 5.41) is 11.7. The van der Waals surface area contributed by atoms with E-state index in [-0.39, 0.29) is 11.3 Å². The number of carbonyl (C=O) groups is 2. The number of Topliss-reactive ketones (excluding diaryl/α,β-unsaturated/α-hetero) is 1. The molecular formula is C27H28N2O6S. The highest BCUT2D eigenvalue weighted by atomic mass is 32.1. The van der Waals surface area contributed by atoms with E-state index in [1.165, 1.54) is 23.3 Å². The van der Waals surface area contributed by atoms with E-state index >= 15 is 0 Å². The number of aliphatic hydroxyl groups is 1.